The Kier molecular flexibility index (Phi) is 29.8. The van der Waals surface area contributed by atoms with Gasteiger partial charge in [-0.1, -0.05) is 23.2 Å². The zero-order chi connectivity index (χ0) is 36.1. The summed E-state index contributed by atoms with van der Waals surface area (Å²) in [5.41, 5.74) is 1.98. The molecule has 2 amide bonds. The van der Waals surface area contributed by atoms with Crippen LogP contribution in [0.25, 0.3) is 0 Å². The molecule has 0 atom stereocenters. The molecule has 2 aromatic rings. The average molecular weight is 1320 g/mol. The van der Waals surface area contributed by atoms with E-state index in [0.717, 1.165) is 11.1 Å². The number of nitriles is 1. The van der Waals surface area contributed by atoms with Crippen molar-refractivity contribution < 1.29 is 33.4 Å². The second kappa shape index (κ2) is 27.4. The van der Waals surface area contributed by atoms with Crippen LogP contribution < -0.4 is 16.0 Å². The molecule has 0 aliphatic heterocycles. The van der Waals surface area contributed by atoms with Crippen LogP contribution in [0.2, 0.25) is 10.0 Å². The van der Waals surface area contributed by atoms with Crippen LogP contribution in [0.3, 0.4) is 0 Å². The van der Waals surface area contributed by atoms with Crippen LogP contribution >= 0.6 is 123 Å². The molecule has 0 aliphatic rings. The summed E-state index contributed by atoms with van der Waals surface area (Å²) in [7, 11) is 4.28. The monoisotopic (exact) mass is 1320 g/mol. The van der Waals surface area contributed by atoms with E-state index in [0.29, 0.717) is 50.5 Å². The van der Waals surface area contributed by atoms with Crippen LogP contribution in [0.15, 0.2) is 36.4 Å². The molecule has 0 aliphatic carbocycles. The number of amides is 2. The van der Waals surface area contributed by atoms with Crippen LogP contribution in [-0.4, -0.2) is 48.9 Å². The molecular formula is C28H39Cl2I5N5O4V2. The third-order valence-corrected chi connectivity index (χ3v) is 5.02. The van der Waals surface area contributed by atoms with Crippen LogP contribution in [0, 0.1) is 11.3 Å². The molecule has 0 aromatic heterocycles. The maximum absolute atomic E-state index is 11.8. The Hall–Kier alpha value is 1.79. The van der Waals surface area contributed by atoms with Crippen molar-refractivity contribution >= 4 is 147 Å². The number of halogens is 7. The van der Waals surface area contributed by atoms with Crippen molar-refractivity contribution in [3.63, 3.8) is 0 Å². The van der Waals surface area contributed by atoms with Gasteiger partial charge in [-0.25, -0.2) is 9.59 Å². The molecule has 0 spiro atoms. The average Bonchev–Trinajstić information content (AvgIpc) is 2.86. The number of hydrogen-bond donors (Lipinski definition) is 3. The SMILES string of the molecule is CN(CC#N)Cc1cc(Cl)ccc1NC(=O)OC(C)(C)C.CNCc1cc(Cl)ccc1NC(=O)OC(C)(C)C.[I][V]([I])[I].[I][V][I]. The number of hydrogen-bond acceptors (Lipinski definition) is 7. The molecule has 259 valence electrons. The molecule has 0 unspecified atom stereocenters. The van der Waals surface area contributed by atoms with Crippen LogP contribution in [0.1, 0.15) is 52.7 Å². The first-order valence-corrected chi connectivity index (χ1v) is 36.4. The normalized spacial score (nSPS) is 10.5. The van der Waals surface area contributed by atoms with Crippen LogP contribution in [0.5, 0.6) is 0 Å². The van der Waals surface area contributed by atoms with Gasteiger partial charge in [-0.2, -0.15) is 5.26 Å². The third kappa shape index (κ3) is 29.5. The van der Waals surface area contributed by atoms with E-state index in [9.17, 15) is 9.59 Å². The molecule has 18 heteroatoms. The number of rotatable bonds is 7. The summed E-state index contributed by atoms with van der Waals surface area (Å²) < 4.78 is 10.4. The van der Waals surface area contributed by atoms with Gasteiger partial charge in [0, 0.05) is 34.5 Å². The quantitative estimate of drug-likeness (QED) is 0.187. The predicted molar refractivity (Wildman–Crippen MR) is 227 cm³/mol. The minimum absolute atomic E-state index is 0.278. The Morgan fingerprint density at radius 1 is 0.891 bits per heavy atom. The molecule has 2 rings (SSSR count). The van der Waals surface area contributed by atoms with Gasteiger partial charge >= 0.3 is 126 Å². The van der Waals surface area contributed by atoms with Crippen molar-refractivity contribution in [3.05, 3.63) is 57.6 Å². The Morgan fingerprint density at radius 2 is 1.26 bits per heavy atom. The number of nitrogens with zero attached hydrogens (tertiary/aromatic N) is 2. The molecule has 0 radical (unpaired) electrons. The van der Waals surface area contributed by atoms with Gasteiger partial charge in [-0.05, 0) is 103 Å². The van der Waals surface area contributed by atoms with Crippen molar-refractivity contribution in [2.75, 3.05) is 31.3 Å². The van der Waals surface area contributed by atoms with E-state index in [-0.39, 0.29) is 4.92 Å². The van der Waals surface area contributed by atoms with Gasteiger partial charge in [0.15, 0.2) is 0 Å². The molecule has 2 aromatic carbocycles. The van der Waals surface area contributed by atoms with E-state index < -0.39 is 23.4 Å². The molecule has 9 nitrogen and oxygen atoms in total. The summed E-state index contributed by atoms with van der Waals surface area (Å²) in [5, 5.41) is 18.4. The summed E-state index contributed by atoms with van der Waals surface area (Å²) in [6.07, 6.45) is -0.990. The fraction of sp³-hybridized carbons (Fsp3) is 0.464. The molecule has 46 heavy (non-hydrogen) atoms. The number of carbonyl (C=O) groups is 2. The van der Waals surface area contributed by atoms with Crippen LogP contribution in [-0.2, 0) is 36.9 Å². The zero-order valence-corrected chi connectivity index (χ0v) is 41.7. The van der Waals surface area contributed by atoms with Gasteiger partial charge in [0.25, 0.3) is 0 Å². The zero-order valence-electron chi connectivity index (χ0n) is 26.7. The van der Waals surface area contributed by atoms with Crippen LogP contribution in [0.4, 0.5) is 21.0 Å². The predicted octanol–water partition coefficient (Wildman–Crippen LogP) is 11.5. The summed E-state index contributed by atoms with van der Waals surface area (Å²) in [4.78, 5) is 25.1. The molecule has 3 N–H and O–H groups in total. The van der Waals surface area contributed by atoms with E-state index in [1.165, 1.54) is 0 Å². The van der Waals surface area contributed by atoms with E-state index in [2.05, 4.69) is 122 Å². The van der Waals surface area contributed by atoms with Gasteiger partial charge in [0.1, 0.15) is 11.2 Å². The number of anilines is 2. The number of ether oxygens (including phenoxy) is 2. The minimum atomic E-state index is -0.561. The Morgan fingerprint density at radius 3 is 1.61 bits per heavy atom. The summed E-state index contributed by atoms with van der Waals surface area (Å²) in [5.74, 6) is 0. The standard InChI is InChI=1S/C15H20ClN3O2.C13H19ClN2O2.5HI.2V/c1-15(2,3)21-14(20)18-13-6-5-12(16)9-11(13)10-19(4)8-7-17;1-13(2,3)18-12(17)16-11-6-5-10(14)7-9(11)8-15-4;;;;;;;/h5-6,9H,8,10H2,1-4H3,(H,18,20);5-7,15H,8H2,1-4H3,(H,16,17);5*1H;;/q;;;;;;;+2;+3/p-5. The van der Waals surface area contributed by atoms with E-state index >= 15 is 0 Å². The van der Waals surface area contributed by atoms with Crippen molar-refractivity contribution in [1.82, 2.24) is 10.2 Å². The van der Waals surface area contributed by atoms with Gasteiger partial charge < -0.3 is 14.8 Å². The molecule has 0 fully saturated rings. The van der Waals surface area contributed by atoms with Crippen molar-refractivity contribution in [2.45, 2.75) is 65.8 Å². The fourth-order valence-corrected chi connectivity index (χ4v) is 3.52. The van der Waals surface area contributed by atoms with Gasteiger partial charge in [0.2, 0.25) is 0 Å². The Labute approximate surface area is 350 Å². The van der Waals surface area contributed by atoms with Gasteiger partial charge in [-0.3, -0.25) is 15.5 Å². The second-order valence-corrected chi connectivity index (χ2v) is 59.0. The molecule has 0 bridgehead atoms. The maximum atomic E-state index is 11.8. The summed E-state index contributed by atoms with van der Waals surface area (Å²) in [6.45, 7) is 12.3. The van der Waals surface area contributed by atoms with Crippen molar-refractivity contribution in [2.24, 2.45) is 0 Å². The third-order valence-electron chi connectivity index (χ3n) is 4.55. The molecule has 0 saturated heterocycles. The van der Waals surface area contributed by atoms with E-state index in [4.69, 9.17) is 37.9 Å². The van der Waals surface area contributed by atoms with Crippen molar-refractivity contribution in [1.29, 1.82) is 5.26 Å². The van der Waals surface area contributed by atoms with Crippen molar-refractivity contribution in [3.8, 4) is 6.07 Å². The summed E-state index contributed by atoms with van der Waals surface area (Å²) >= 11 is 24.0. The van der Waals surface area contributed by atoms with Gasteiger partial charge in [0.05, 0.1) is 12.6 Å². The Bertz CT molecular complexity index is 1250. The first-order valence-electron chi connectivity index (χ1n) is 13.1. The second-order valence-electron chi connectivity index (χ2n) is 11.0. The molecular weight excluding hydrogens is 1280 g/mol. The topological polar surface area (TPSA) is 116 Å². The number of nitrogens with one attached hydrogen (secondary N) is 3. The molecule has 0 heterocycles. The van der Waals surface area contributed by atoms with Gasteiger partial charge in [-0.15, -0.1) is 0 Å². The number of benzene rings is 2. The summed E-state index contributed by atoms with van der Waals surface area (Å²) in [6, 6.07) is 12.6. The van der Waals surface area contributed by atoms with E-state index in [1.807, 2.05) is 45.8 Å². The fourth-order valence-electron chi connectivity index (χ4n) is 3.13. The molecule has 0 saturated carbocycles. The first-order chi connectivity index (χ1) is 21.2. The number of carbonyl (C=O) groups excluding carboxylic acids is 2. The first kappa shape index (κ1) is 49.9. The Balaban J connectivity index is 0. The van der Waals surface area contributed by atoms with E-state index in [1.54, 1.807) is 51.1 Å².